The van der Waals surface area contributed by atoms with Crippen molar-refractivity contribution in [1.29, 1.82) is 0 Å². The standard InChI is InChI=1S/C30H35N3O2/c1-21-12-15-26(24(4)19-21)30(34)31-16-7-11-29-32-27-9-5-6-10-28(27)33(29)17-8-18-35-25-14-13-22(2)23(3)20-25/h5-6,9-10,12-15,19-20H,7-8,11,16-18H2,1-4H3,(H,31,34). The molecule has 0 bridgehead atoms. The Morgan fingerprint density at radius 2 is 1.74 bits per heavy atom. The van der Waals surface area contributed by atoms with E-state index in [1.807, 2.05) is 44.2 Å². The summed E-state index contributed by atoms with van der Waals surface area (Å²) in [6, 6.07) is 20.4. The van der Waals surface area contributed by atoms with Gasteiger partial charge in [-0.3, -0.25) is 4.79 Å². The van der Waals surface area contributed by atoms with Crippen LogP contribution in [0.25, 0.3) is 11.0 Å². The maximum atomic E-state index is 12.6. The van der Waals surface area contributed by atoms with E-state index < -0.39 is 0 Å². The van der Waals surface area contributed by atoms with Gasteiger partial charge < -0.3 is 14.6 Å². The fourth-order valence-electron chi connectivity index (χ4n) is 4.39. The van der Waals surface area contributed by atoms with E-state index in [-0.39, 0.29) is 5.91 Å². The number of aryl methyl sites for hydroxylation is 6. The zero-order valence-corrected chi connectivity index (χ0v) is 21.2. The van der Waals surface area contributed by atoms with Crippen molar-refractivity contribution >= 4 is 16.9 Å². The molecule has 0 unspecified atom stereocenters. The van der Waals surface area contributed by atoms with Gasteiger partial charge in [0.15, 0.2) is 0 Å². The Balaban J connectivity index is 1.33. The number of benzene rings is 3. The van der Waals surface area contributed by atoms with Crippen molar-refractivity contribution in [2.45, 2.75) is 53.5 Å². The number of aromatic nitrogens is 2. The average molecular weight is 470 g/mol. The van der Waals surface area contributed by atoms with E-state index in [4.69, 9.17) is 9.72 Å². The third kappa shape index (κ3) is 6.10. The molecule has 0 saturated carbocycles. The Bertz CT molecular complexity index is 1320. The number of para-hydroxylation sites is 2. The van der Waals surface area contributed by atoms with E-state index in [0.29, 0.717) is 13.2 Å². The van der Waals surface area contributed by atoms with Gasteiger partial charge in [-0.25, -0.2) is 4.98 Å². The number of fused-ring (bicyclic) bond motifs is 1. The predicted molar refractivity (Wildman–Crippen MR) is 142 cm³/mol. The van der Waals surface area contributed by atoms with E-state index in [1.54, 1.807) is 0 Å². The third-order valence-corrected chi connectivity index (χ3v) is 6.50. The monoisotopic (exact) mass is 469 g/mol. The zero-order chi connectivity index (χ0) is 24.8. The van der Waals surface area contributed by atoms with E-state index in [9.17, 15) is 4.79 Å². The third-order valence-electron chi connectivity index (χ3n) is 6.50. The first-order valence-electron chi connectivity index (χ1n) is 12.4. The minimum atomic E-state index is -0.0144. The number of hydrogen-bond donors (Lipinski definition) is 1. The van der Waals surface area contributed by atoms with Crippen molar-refractivity contribution in [1.82, 2.24) is 14.9 Å². The molecular formula is C30H35N3O2. The number of imidazole rings is 1. The van der Waals surface area contributed by atoms with Crippen LogP contribution >= 0.6 is 0 Å². The van der Waals surface area contributed by atoms with Crippen molar-refractivity contribution in [3.63, 3.8) is 0 Å². The zero-order valence-electron chi connectivity index (χ0n) is 21.2. The number of nitrogens with zero attached hydrogens (tertiary/aromatic N) is 2. The van der Waals surface area contributed by atoms with Gasteiger partial charge in [-0.15, -0.1) is 0 Å². The lowest BCUT2D eigenvalue weighted by molar-refractivity contribution is 0.0952. The molecule has 0 fully saturated rings. The normalized spacial score (nSPS) is 11.1. The van der Waals surface area contributed by atoms with Crippen LogP contribution in [0, 0.1) is 27.7 Å². The van der Waals surface area contributed by atoms with Crippen LogP contribution < -0.4 is 10.1 Å². The number of nitrogens with one attached hydrogen (secondary N) is 1. The maximum absolute atomic E-state index is 12.6. The minimum absolute atomic E-state index is 0.0144. The molecule has 0 atom stereocenters. The summed E-state index contributed by atoms with van der Waals surface area (Å²) in [5, 5.41) is 3.07. The second kappa shape index (κ2) is 11.2. The first-order chi connectivity index (χ1) is 16.9. The molecule has 0 saturated heterocycles. The van der Waals surface area contributed by atoms with Crippen LogP contribution in [0.5, 0.6) is 5.75 Å². The molecule has 35 heavy (non-hydrogen) atoms. The number of carbonyl (C=O) groups is 1. The van der Waals surface area contributed by atoms with Crippen molar-refractivity contribution in [3.05, 3.63) is 94.3 Å². The molecule has 0 aliphatic rings. The summed E-state index contributed by atoms with van der Waals surface area (Å²) in [5.41, 5.74) is 7.59. The topological polar surface area (TPSA) is 56.2 Å². The van der Waals surface area contributed by atoms with Crippen molar-refractivity contribution < 1.29 is 9.53 Å². The molecular weight excluding hydrogens is 434 g/mol. The number of carbonyl (C=O) groups excluding carboxylic acids is 1. The van der Waals surface area contributed by atoms with Gasteiger partial charge in [0.2, 0.25) is 0 Å². The molecule has 182 valence electrons. The van der Waals surface area contributed by atoms with E-state index >= 15 is 0 Å². The largest absolute Gasteiger partial charge is 0.494 e. The van der Waals surface area contributed by atoms with Gasteiger partial charge in [-0.2, -0.15) is 0 Å². The average Bonchev–Trinajstić information content (AvgIpc) is 3.19. The maximum Gasteiger partial charge on any atom is 0.251 e. The summed E-state index contributed by atoms with van der Waals surface area (Å²) in [7, 11) is 0. The SMILES string of the molecule is Cc1ccc(C(=O)NCCCc2nc3ccccc3n2CCCOc2ccc(C)c(C)c2)c(C)c1. The lowest BCUT2D eigenvalue weighted by atomic mass is 10.1. The van der Waals surface area contributed by atoms with Crippen molar-refractivity contribution in [3.8, 4) is 5.75 Å². The predicted octanol–water partition coefficient (Wildman–Crippen LogP) is 6.10. The first-order valence-corrected chi connectivity index (χ1v) is 12.4. The highest BCUT2D eigenvalue weighted by Gasteiger charge is 2.12. The van der Waals surface area contributed by atoms with Gasteiger partial charge in [0.05, 0.1) is 17.6 Å². The van der Waals surface area contributed by atoms with Gasteiger partial charge in [0.25, 0.3) is 5.91 Å². The Labute approximate surface area is 208 Å². The Morgan fingerprint density at radius 1 is 0.914 bits per heavy atom. The summed E-state index contributed by atoms with van der Waals surface area (Å²) < 4.78 is 8.29. The highest BCUT2D eigenvalue weighted by Crippen LogP contribution is 2.19. The first kappa shape index (κ1) is 24.5. The molecule has 5 nitrogen and oxygen atoms in total. The second-order valence-electron chi connectivity index (χ2n) is 9.29. The smallest absolute Gasteiger partial charge is 0.251 e. The van der Waals surface area contributed by atoms with Gasteiger partial charge in [0.1, 0.15) is 11.6 Å². The van der Waals surface area contributed by atoms with Crippen molar-refractivity contribution in [2.75, 3.05) is 13.2 Å². The summed E-state index contributed by atoms with van der Waals surface area (Å²) in [5.74, 6) is 1.96. The number of rotatable bonds is 10. The van der Waals surface area contributed by atoms with Gasteiger partial charge in [-0.05, 0) is 87.6 Å². The molecule has 0 aliphatic carbocycles. The molecule has 0 aliphatic heterocycles. The van der Waals surface area contributed by atoms with E-state index in [0.717, 1.165) is 65.1 Å². The van der Waals surface area contributed by atoms with Crippen LogP contribution in [-0.2, 0) is 13.0 Å². The van der Waals surface area contributed by atoms with Crippen molar-refractivity contribution in [2.24, 2.45) is 0 Å². The fraction of sp³-hybridized carbons (Fsp3) is 0.333. The Hall–Kier alpha value is -3.60. The molecule has 0 radical (unpaired) electrons. The van der Waals surface area contributed by atoms with Crippen LogP contribution in [-0.4, -0.2) is 28.6 Å². The van der Waals surface area contributed by atoms with Crippen LogP contribution in [0.15, 0.2) is 60.7 Å². The quantitative estimate of drug-likeness (QED) is 0.286. The number of hydrogen-bond acceptors (Lipinski definition) is 3. The second-order valence-corrected chi connectivity index (χ2v) is 9.29. The number of amides is 1. The van der Waals surface area contributed by atoms with Crippen LogP contribution in [0.2, 0.25) is 0 Å². The highest BCUT2D eigenvalue weighted by atomic mass is 16.5. The molecule has 0 spiro atoms. The highest BCUT2D eigenvalue weighted by molar-refractivity contribution is 5.95. The summed E-state index contributed by atoms with van der Waals surface area (Å²) in [6.45, 7) is 10.3. The summed E-state index contributed by atoms with van der Waals surface area (Å²) in [4.78, 5) is 17.5. The molecule has 1 aromatic heterocycles. The Morgan fingerprint density at radius 3 is 2.54 bits per heavy atom. The molecule has 5 heteroatoms. The lowest BCUT2D eigenvalue weighted by Gasteiger charge is -2.12. The molecule has 4 aromatic rings. The van der Waals surface area contributed by atoms with Crippen LogP contribution in [0.1, 0.15) is 51.3 Å². The molecule has 1 N–H and O–H groups in total. The van der Waals surface area contributed by atoms with Crippen LogP contribution in [0.4, 0.5) is 0 Å². The fourth-order valence-corrected chi connectivity index (χ4v) is 4.39. The minimum Gasteiger partial charge on any atom is -0.494 e. The Kier molecular flexibility index (Phi) is 7.86. The van der Waals surface area contributed by atoms with E-state index in [1.165, 1.54) is 11.1 Å². The van der Waals surface area contributed by atoms with Gasteiger partial charge in [-0.1, -0.05) is 35.9 Å². The lowest BCUT2D eigenvalue weighted by Crippen LogP contribution is -2.25. The molecule has 3 aromatic carbocycles. The summed E-state index contributed by atoms with van der Waals surface area (Å²) >= 11 is 0. The van der Waals surface area contributed by atoms with Crippen LogP contribution in [0.3, 0.4) is 0 Å². The van der Waals surface area contributed by atoms with E-state index in [2.05, 4.69) is 54.1 Å². The molecule has 4 rings (SSSR count). The van der Waals surface area contributed by atoms with Gasteiger partial charge >= 0.3 is 0 Å². The molecule has 1 heterocycles. The molecule has 1 amide bonds. The summed E-state index contributed by atoms with van der Waals surface area (Å²) in [6.07, 6.45) is 2.53. The number of ether oxygens (including phenoxy) is 1. The van der Waals surface area contributed by atoms with Gasteiger partial charge in [0, 0.05) is 25.1 Å².